The highest BCUT2D eigenvalue weighted by molar-refractivity contribution is 6.32. The van der Waals surface area contributed by atoms with Gasteiger partial charge in [-0.15, -0.1) is 11.8 Å². The lowest BCUT2D eigenvalue weighted by Crippen LogP contribution is -1.98. The van der Waals surface area contributed by atoms with Crippen LogP contribution in [0.2, 0.25) is 5.02 Å². The zero-order valence-corrected chi connectivity index (χ0v) is 11.0. The molecule has 0 N–H and O–H groups in total. The van der Waals surface area contributed by atoms with Gasteiger partial charge >= 0.3 is 0 Å². The van der Waals surface area contributed by atoms with Crippen molar-refractivity contribution in [1.82, 2.24) is 0 Å². The Labute approximate surface area is 103 Å². The van der Waals surface area contributed by atoms with Gasteiger partial charge in [-0.05, 0) is 49.9 Å². The molecule has 1 rings (SSSR count). The molecule has 0 radical (unpaired) electrons. The van der Waals surface area contributed by atoms with E-state index in [1.165, 1.54) is 5.56 Å². The van der Waals surface area contributed by atoms with Gasteiger partial charge in [-0.1, -0.05) is 11.6 Å². The minimum absolute atomic E-state index is 0.834. The second-order valence-electron chi connectivity index (χ2n) is 3.74. The van der Waals surface area contributed by atoms with Crippen molar-refractivity contribution in [2.45, 2.75) is 33.6 Å². The number of hydrogen-bond acceptors (Lipinski definition) is 1. The summed E-state index contributed by atoms with van der Waals surface area (Å²) in [6.45, 7) is 5.88. The maximum atomic E-state index is 6.23. The van der Waals surface area contributed by atoms with E-state index < -0.39 is 0 Å². The quantitative estimate of drug-likeness (QED) is 0.723. The van der Waals surface area contributed by atoms with Crippen molar-refractivity contribution in [3.05, 3.63) is 27.8 Å². The third kappa shape index (κ3) is 2.71. The summed E-state index contributed by atoms with van der Waals surface area (Å²) in [6.07, 6.45) is 1.73. The molecule has 0 aromatic heterocycles. The van der Waals surface area contributed by atoms with E-state index in [4.69, 9.17) is 16.3 Å². The molecule has 0 saturated carbocycles. The number of hydrogen-bond donors (Lipinski definition) is 0. The SMILES string of the molecule is CC#CCCc1c(OC)cc(C)c(Cl)c1C. The summed E-state index contributed by atoms with van der Waals surface area (Å²) in [5, 5.41) is 0.834. The number of ether oxygens (including phenoxy) is 1. The Bertz CT molecular complexity index is 438. The molecule has 1 nitrogen and oxygen atoms in total. The molecule has 0 atom stereocenters. The Morgan fingerprint density at radius 2 is 2.06 bits per heavy atom. The zero-order valence-electron chi connectivity index (χ0n) is 10.3. The fraction of sp³-hybridized carbons (Fsp3) is 0.429. The van der Waals surface area contributed by atoms with E-state index in [1.807, 2.05) is 26.8 Å². The third-order valence-electron chi connectivity index (χ3n) is 2.67. The van der Waals surface area contributed by atoms with Gasteiger partial charge in [0.15, 0.2) is 0 Å². The van der Waals surface area contributed by atoms with Crippen molar-refractivity contribution in [3.8, 4) is 17.6 Å². The van der Waals surface area contributed by atoms with E-state index in [-0.39, 0.29) is 0 Å². The van der Waals surface area contributed by atoms with Crippen LogP contribution in [-0.4, -0.2) is 7.11 Å². The summed E-state index contributed by atoms with van der Waals surface area (Å²) >= 11 is 6.23. The molecule has 1 aromatic rings. The molecule has 0 aliphatic carbocycles. The van der Waals surface area contributed by atoms with Gasteiger partial charge in [0.05, 0.1) is 7.11 Å². The fourth-order valence-corrected chi connectivity index (χ4v) is 1.93. The van der Waals surface area contributed by atoms with Crippen LogP contribution in [0.1, 0.15) is 30.0 Å². The molecule has 0 heterocycles. The second-order valence-corrected chi connectivity index (χ2v) is 4.12. The summed E-state index contributed by atoms with van der Waals surface area (Å²) in [4.78, 5) is 0. The Kier molecular flexibility index (Phi) is 4.71. The molecule has 0 spiro atoms. The van der Waals surface area contributed by atoms with Crippen LogP contribution in [0.4, 0.5) is 0 Å². The van der Waals surface area contributed by atoms with Gasteiger partial charge < -0.3 is 4.74 Å². The highest BCUT2D eigenvalue weighted by atomic mass is 35.5. The Balaban J connectivity index is 3.12. The van der Waals surface area contributed by atoms with Crippen LogP contribution in [0.25, 0.3) is 0 Å². The number of benzene rings is 1. The largest absolute Gasteiger partial charge is 0.496 e. The van der Waals surface area contributed by atoms with Crippen LogP contribution in [0.15, 0.2) is 6.07 Å². The molecule has 16 heavy (non-hydrogen) atoms. The molecule has 0 unspecified atom stereocenters. The normalized spacial score (nSPS) is 9.56. The third-order valence-corrected chi connectivity index (χ3v) is 3.25. The van der Waals surface area contributed by atoms with Crippen LogP contribution >= 0.6 is 11.6 Å². The van der Waals surface area contributed by atoms with Crippen LogP contribution in [0.5, 0.6) is 5.75 Å². The number of methoxy groups -OCH3 is 1. The van der Waals surface area contributed by atoms with Crippen LogP contribution in [0, 0.1) is 25.7 Å². The van der Waals surface area contributed by atoms with Crippen LogP contribution in [-0.2, 0) is 6.42 Å². The Hall–Kier alpha value is -1.13. The van der Waals surface area contributed by atoms with E-state index in [0.29, 0.717) is 0 Å². The summed E-state index contributed by atoms with van der Waals surface area (Å²) < 4.78 is 5.39. The van der Waals surface area contributed by atoms with Gasteiger partial charge in [0.1, 0.15) is 5.75 Å². The lowest BCUT2D eigenvalue weighted by atomic mass is 10.00. The maximum absolute atomic E-state index is 6.23. The van der Waals surface area contributed by atoms with Gasteiger partial charge in [0, 0.05) is 11.4 Å². The molecular formula is C14H17ClO. The molecule has 1 aromatic carbocycles. The van der Waals surface area contributed by atoms with Gasteiger partial charge in [-0.2, -0.15) is 0 Å². The van der Waals surface area contributed by atoms with E-state index in [0.717, 1.165) is 34.7 Å². The van der Waals surface area contributed by atoms with Gasteiger partial charge in [-0.3, -0.25) is 0 Å². The lowest BCUT2D eigenvalue weighted by molar-refractivity contribution is 0.409. The minimum atomic E-state index is 0.834. The Morgan fingerprint density at radius 1 is 1.38 bits per heavy atom. The van der Waals surface area contributed by atoms with Crippen molar-refractivity contribution in [2.75, 3.05) is 7.11 Å². The van der Waals surface area contributed by atoms with Crippen molar-refractivity contribution >= 4 is 11.6 Å². The predicted octanol–water partition coefficient (Wildman–Crippen LogP) is 3.92. The summed E-state index contributed by atoms with van der Waals surface area (Å²) in [5.74, 6) is 6.87. The van der Waals surface area contributed by atoms with Gasteiger partial charge in [0.2, 0.25) is 0 Å². The second kappa shape index (κ2) is 5.82. The molecule has 86 valence electrons. The van der Waals surface area contributed by atoms with E-state index in [1.54, 1.807) is 7.11 Å². The summed E-state index contributed by atoms with van der Waals surface area (Å²) in [5.41, 5.74) is 3.33. The summed E-state index contributed by atoms with van der Waals surface area (Å²) in [7, 11) is 1.69. The topological polar surface area (TPSA) is 9.23 Å². The highest BCUT2D eigenvalue weighted by Crippen LogP contribution is 2.32. The molecular weight excluding hydrogens is 220 g/mol. The first-order valence-corrected chi connectivity index (χ1v) is 5.71. The maximum Gasteiger partial charge on any atom is 0.122 e. The van der Waals surface area contributed by atoms with Gasteiger partial charge in [-0.25, -0.2) is 0 Å². The highest BCUT2D eigenvalue weighted by Gasteiger charge is 2.11. The number of rotatable bonds is 3. The van der Waals surface area contributed by atoms with E-state index >= 15 is 0 Å². The van der Waals surface area contributed by atoms with E-state index in [9.17, 15) is 0 Å². The predicted molar refractivity (Wildman–Crippen MR) is 69.2 cm³/mol. The number of aryl methyl sites for hydroxylation is 1. The first kappa shape index (κ1) is 12.9. The average Bonchev–Trinajstić information content (AvgIpc) is 2.29. The average molecular weight is 237 g/mol. The lowest BCUT2D eigenvalue weighted by Gasteiger charge is -2.14. The first-order chi connectivity index (χ1) is 7.61. The fourth-order valence-electron chi connectivity index (χ4n) is 1.77. The van der Waals surface area contributed by atoms with Crippen molar-refractivity contribution in [2.24, 2.45) is 0 Å². The smallest absolute Gasteiger partial charge is 0.122 e. The minimum Gasteiger partial charge on any atom is -0.496 e. The van der Waals surface area contributed by atoms with Gasteiger partial charge in [0.25, 0.3) is 0 Å². The molecule has 0 saturated heterocycles. The van der Waals surface area contributed by atoms with Crippen LogP contribution in [0.3, 0.4) is 0 Å². The molecule has 0 amide bonds. The molecule has 2 heteroatoms. The van der Waals surface area contributed by atoms with Crippen molar-refractivity contribution in [1.29, 1.82) is 0 Å². The number of halogens is 1. The van der Waals surface area contributed by atoms with Crippen LogP contribution < -0.4 is 4.74 Å². The standard InChI is InChI=1S/C14H17ClO/c1-5-6-7-8-12-11(3)14(15)10(2)9-13(12)16-4/h9H,7-8H2,1-4H3. The first-order valence-electron chi connectivity index (χ1n) is 5.34. The molecule has 0 aliphatic heterocycles. The molecule has 0 fully saturated rings. The Morgan fingerprint density at radius 3 is 2.62 bits per heavy atom. The zero-order chi connectivity index (χ0) is 12.1. The monoisotopic (exact) mass is 236 g/mol. The summed E-state index contributed by atoms with van der Waals surface area (Å²) in [6, 6.07) is 1.99. The van der Waals surface area contributed by atoms with Crippen molar-refractivity contribution < 1.29 is 4.74 Å². The molecule has 0 aliphatic rings. The molecule has 0 bridgehead atoms. The van der Waals surface area contributed by atoms with E-state index in [2.05, 4.69) is 11.8 Å². The van der Waals surface area contributed by atoms with Crippen molar-refractivity contribution in [3.63, 3.8) is 0 Å².